The lowest BCUT2D eigenvalue weighted by Crippen LogP contribution is -2.23. The number of nitrogens with one attached hydrogen (secondary N) is 2. The molecule has 1 rings (SSSR count). The molecule has 1 aromatic heterocycles. The molecule has 0 saturated heterocycles. The van der Waals surface area contributed by atoms with Crippen molar-refractivity contribution in [2.45, 2.75) is 25.7 Å². The molecule has 0 unspecified atom stereocenters. The van der Waals surface area contributed by atoms with Gasteiger partial charge in [0.15, 0.2) is 0 Å². The van der Waals surface area contributed by atoms with Gasteiger partial charge in [-0.05, 0) is 12.8 Å². The second kappa shape index (κ2) is 6.31. The van der Waals surface area contributed by atoms with Crippen molar-refractivity contribution in [3.05, 3.63) is 32.6 Å². The van der Waals surface area contributed by atoms with Crippen LogP contribution in [0.5, 0.6) is 0 Å². The number of aromatic amines is 2. The Kier molecular flexibility index (Phi) is 4.69. The van der Waals surface area contributed by atoms with Gasteiger partial charge in [0.1, 0.15) is 5.56 Å². The molecule has 0 fully saturated rings. The first-order chi connectivity index (χ1) is 7.74. The molecule has 2 N–H and O–H groups in total. The minimum atomic E-state index is -0.524. The van der Waals surface area contributed by atoms with E-state index in [1.165, 1.54) is 6.20 Å². The maximum absolute atomic E-state index is 11.2. The summed E-state index contributed by atoms with van der Waals surface area (Å²) in [5.74, 6) is 8.11. The van der Waals surface area contributed by atoms with Gasteiger partial charge < -0.3 is 4.98 Å². The van der Waals surface area contributed by atoms with E-state index in [4.69, 9.17) is 6.42 Å². The first kappa shape index (κ1) is 11.9. The molecule has 4 heteroatoms. The zero-order valence-corrected chi connectivity index (χ0v) is 8.80. The van der Waals surface area contributed by atoms with Crippen molar-refractivity contribution in [2.24, 2.45) is 0 Å². The second-order valence-electron chi connectivity index (χ2n) is 3.20. The normalized spacial score (nSPS) is 8.94. The predicted octanol–water partition coefficient (Wildman–Crippen LogP) is 0.608. The lowest BCUT2D eigenvalue weighted by Gasteiger charge is -1.89. The molecular weight excluding hydrogens is 204 g/mol. The first-order valence-electron chi connectivity index (χ1n) is 4.98. The molecule has 1 aromatic rings. The molecule has 16 heavy (non-hydrogen) atoms. The highest BCUT2D eigenvalue weighted by Gasteiger charge is 1.93. The van der Waals surface area contributed by atoms with E-state index in [2.05, 4.69) is 27.7 Å². The van der Waals surface area contributed by atoms with Crippen LogP contribution in [0, 0.1) is 24.2 Å². The minimum absolute atomic E-state index is 0.275. The zero-order valence-electron chi connectivity index (χ0n) is 8.80. The Labute approximate surface area is 93.1 Å². The van der Waals surface area contributed by atoms with E-state index in [0.717, 1.165) is 19.3 Å². The summed E-state index contributed by atoms with van der Waals surface area (Å²) in [7, 11) is 0. The number of H-pyrrole nitrogens is 2. The van der Waals surface area contributed by atoms with E-state index in [1.54, 1.807) is 0 Å². The van der Waals surface area contributed by atoms with Crippen LogP contribution in [0.2, 0.25) is 0 Å². The number of unbranched alkanes of at least 4 members (excludes halogenated alkanes) is 3. The van der Waals surface area contributed by atoms with Crippen LogP contribution in [0.25, 0.3) is 0 Å². The van der Waals surface area contributed by atoms with Crippen molar-refractivity contribution in [3.8, 4) is 24.2 Å². The van der Waals surface area contributed by atoms with Crippen molar-refractivity contribution in [1.29, 1.82) is 0 Å². The van der Waals surface area contributed by atoms with Crippen LogP contribution in [0.3, 0.4) is 0 Å². The summed E-state index contributed by atoms with van der Waals surface area (Å²) in [6.45, 7) is 0. The van der Waals surface area contributed by atoms with Crippen LogP contribution in [-0.4, -0.2) is 9.97 Å². The molecular formula is C12H12N2O2. The molecule has 0 aliphatic heterocycles. The van der Waals surface area contributed by atoms with Gasteiger partial charge >= 0.3 is 5.69 Å². The molecule has 0 atom stereocenters. The molecule has 0 aliphatic rings. The van der Waals surface area contributed by atoms with E-state index in [-0.39, 0.29) is 5.56 Å². The molecule has 82 valence electrons. The monoisotopic (exact) mass is 216 g/mol. The minimum Gasteiger partial charge on any atom is -0.313 e. The Hall–Kier alpha value is -2.20. The largest absolute Gasteiger partial charge is 0.325 e. The number of aromatic nitrogens is 2. The van der Waals surface area contributed by atoms with E-state index >= 15 is 0 Å². The lowest BCUT2D eigenvalue weighted by molar-refractivity contribution is 0.783. The summed E-state index contributed by atoms with van der Waals surface area (Å²) in [6.07, 6.45) is 9.72. The molecule has 0 spiro atoms. The molecule has 0 aliphatic carbocycles. The average molecular weight is 216 g/mol. The summed E-state index contributed by atoms with van der Waals surface area (Å²) in [6, 6.07) is 0. The Bertz CT molecular complexity index is 549. The van der Waals surface area contributed by atoms with Gasteiger partial charge in [-0.1, -0.05) is 11.8 Å². The lowest BCUT2D eigenvalue weighted by atomic mass is 10.2. The summed E-state index contributed by atoms with van der Waals surface area (Å²) < 4.78 is 0. The van der Waals surface area contributed by atoms with E-state index < -0.39 is 11.2 Å². The summed E-state index contributed by atoms with van der Waals surface area (Å²) in [4.78, 5) is 26.4. The number of terminal acetylenes is 1. The van der Waals surface area contributed by atoms with Crippen LogP contribution < -0.4 is 11.2 Å². The second-order valence-corrected chi connectivity index (χ2v) is 3.20. The van der Waals surface area contributed by atoms with Crippen molar-refractivity contribution in [3.63, 3.8) is 0 Å². The molecule has 0 saturated carbocycles. The fourth-order valence-electron chi connectivity index (χ4n) is 1.10. The van der Waals surface area contributed by atoms with Gasteiger partial charge in [-0.2, -0.15) is 0 Å². The van der Waals surface area contributed by atoms with Crippen LogP contribution in [0.1, 0.15) is 31.2 Å². The third-order valence-electron chi connectivity index (χ3n) is 1.92. The molecule has 0 bridgehead atoms. The highest BCUT2D eigenvalue weighted by atomic mass is 16.2. The fraction of sp³-hybridized carbons (Fsp3) is 0.333. The fourth-order valence-corrected chi connectivity index (χ4v) is 1.10. The number of hydrogen-bond acceptors (Lipinski definition) is 2. The quantitative estimate of drug-likeness (QED) is 0.574. The predicted molar refractivity (Wildman–Crippen MR) is 61.9 cm³/mol. The highest BCUT2D eigenvalue weighted by molar-refractivity contribution is 5.28. The van der Waals surface area contributed by atoms with Crippen LogP contribution in [0.4, 0.5) is 0 Å². The van der Waals surface area contributed by atoms with Gasteiger partial charge in [-0.3, -0.25) is 9.78 Å². The van der Waals surface area contributed by atoms with Gasteiger partial charge in [0.05, 0.1) is 0 Å². The maximum atomic E-state index is 11.2. The summed E-state index contributed by atoms with van der Waals surface area (Å²) in [5, 5.41) is 0. The Balaban J connectivity index is 2.54. The van der Waals surface area contributed by atoms with Gasteiger partial charge in [0.25, 0.3) is 5.56 Å². The van der Waals surface area contributed by atoms with Crippen molar-refractivity contribution >= 4 is 0 Å². The van der Waals surface area contributed by atoms with Crippen molar-refractivity contribution in [2.75, 3.05) is 0 Å². The third kappa shape index (κ3) is 3.89. The number of hydrogen-bond donors (Lipinski definition) is 2. The van der Waals surface area contributed by atoms with Crippen molar-refractivity contribution in [1.82, 2.24) is 9.97 Å². The zero-order chi connectivity index (χ0) is 11.8. The first-order valence-corrected chi connectivity index (χ1v) is 4.98. The molecule has 0 aromatic carbocycles. The van der Waals surface area contributed by atoms with E-state index in [9.17, 15) is 9.59 Å². The van der Waals surface area contributed by atoms with Gasteiger partial charge in [-0.25, -0.2) is 4.79 Å². The summed E-state index contributed by atoms with van der Waals surface area (Å²) >= 11 is 0. The van der Waals surface area contributed by atoms with Crippen molar-refractivity contribution < 1.29 is 0 Å². The Morgan fingerprint density at radius 2 is 2.00 bits per heavy atom. The SMILES string of the molecule is C#CCCCCC#Cc1c[nH]c(=O)[nH]c1=O. The van der Waals surface area contributed by atoms with Gasteiger partial charge in [-0.15, -0.1) is 12.3 Å². The topological polar surface area (TPSA) is 65.7 Å². The van der Waals surface area contributed by atoms with Crippen LogP contribution >= 0.6 is 0 Å². The van der Waals surface area contributed by atoms with Crippen LogP contribution in [0.15, 0.2) is 15.8 Å². The molecule has 1 heterocycles. The standard InChI is InChI=1S/C12H12N2O2/c1-2-3-4-5-6-7-8-10-9-13-12(16)14-11(10)15/h1,9H,3-6H2,(H2,13,14,15,16). The number of rotatable bonds is 3. The smallest absolute Gasteiger partial charge is 0.313 e. The third-order valence-corrected chi connectivity index (χ3v) is 1.92. The Morgan fingerprint density at radius 3 is 2.69 bits per heavy atom. The van der Waals surface area contributed by atoms with Gasteiger partial charge in [0.2, 0.25) is 0 Å². The van der Waals surface area contributed by atoms with E-state index in [0.29, 0.717) is 6.42 Å². The van der Waals surface area contributed by atoms with Gasteiger partial charge in [0, 0.05) is 19.0 Å². The summed E-state index contributed by atoms with van der Waals surface area (Å²) in [5.41, 5.74) is -0.707. The average Bonchev–Trinajstić information content (AvgIpc) is 2.26. The highest BCUT2D eigenvalue weighted by Crippen LogP contribution is 1.97. The molecule has 4 nitrogen and oxygen atoms in total. The molecule has 0 radical (unpaired) electrons. The molecule has 0 amide bonds. The van der Waals surface area contributed by atoms with Crippen LogP contribution in [-0.2, 0) is 0 Å². The Morgan fingerprint density at radius 1 is 1.25 bits per heavy atom. The van der Waals surface area contributed by atoms with E-state index in [1.807, 2.05) is 0 Å². The maximum Gasteiger partial charge on any atom is 0.325 e.